The van der Waals surface area contributed by atoms with E-state index in [-0.39, 0.29) is 18.5 Å². The molecule has 2 aliphatic heterocycles. The molecule has 25 heavy (non-hydrogen) atoms. The fourth-order valence-electron chi connectivity index (χ4n) is 3.37. The highest BCUT2D eigenvalue weighted by atomic mass is 16.3. The average molecular weight is 347 g/mol. The standard InChI is InChI=1S/C17H21N3O5/c1-2-12-6-3-4-8-18(12)14(21)11-20-16(23)15(22)19(17(20)24)10-13-7-5-9-25-13/h5,7,9,12H,2-4,6,8,10-11H2,1H3/t12-/m1/s1. The molecule has 0 bridgehead atoms. The Morgan fingerprint density at radius 2 is 1.96 bits per heavy atom. The highest BCUT2D eigenvalue weighted by molar-refractivity contribution is 6.44. The second-order valence-electron chi connectivity index (χ2n) is 6.29. The fraction of sp³-hybridized carbons (Fsp3) is 0.529. The van der Waals surface area contributed by atoms with Crippen LogP contribution in [0.4, 0.5) is 4.79 Å². The molecule has 0 N–H and O–H groups in total. The molecule has 8 heteroatoms. The first-order valence-electron chi connectivity index (χ1n) is 8.52. The number of likely N-dealkylation sites (tertiary alicyclic amines) is 1. The summed E-state index contributed by atoms with van der Waals surface area (Å²) in [5.74, 6) is -1.79. The third kappa shape index (κ3) is 3.29. The largest absolute Gasteiger partial charge is 0.467 e. The predicted molar refractivity (Wildman–Crippen MR) is 86.0 cm³/mol. The number of imide groups is 2. The topological polar surface area (TPSA) is 91.1 Å². The van der Waals surface area contributed by atoms with Gasteiger partial charge in [0, 0.05) is 12.6 Å². The van der Waals surface area contributed by atoms with Crippen molar-refractivity contribution in [3.05, 3.63) is 24.2 Å². The van der Waals surface area contributed by atoms with Gasteiger partial charge < -0.3 is 9.32 Å². The third-order valence-corrected chi connectivity index (χ3v) is 4.74. The zero-order chi connectivity index (χ0) is 18.0. The van der Waals surface area contributed by atoms with Gasteiger partial charge in [-0.05, 0) is 37.8 Å². The van der Waals surface area contributed by atoms with E-state index in [0.29, 0.717) is 12.3 Å². The van der Waals surface area contributed by atoms with Crippen LogP contribution >= 0.6 is 0 Å². The van der Waals surface area contributed by atoms with Crippen LogP contribution in [0.5, 0.6) is 0 Å². The Balaban J connectivity index is 1.69. The predicted octanol–water partition coefficient (Wildman–Crippen LogP) is 1.36. The summed E-state index contributed by atoms with van der Waals surface area (Å²) in [5.41, 5.74) is 0. The Hall–Kier alpha value is -2.64. The number of carbonyl (C=O) groups excluding carboxylic acids is 4. The van der Waals surface area contributed by atoms with Crippen LogP contribution in [0.15, 0.2) is 22.8 Å². The molecular weight excluding hydrogens is 326 g/mol. The van der Waals surface area contributed by atoms with E-state index >= 15 is 0 Å². The molecule has 0 aliphatic carbocycles. The van der Waals surface area contributed by atoms with E-state index in [1.165, 1.54) is 6.26 Å². The van der Waals surface area contributed by atoms with Crippen LogP contribution in [0.2, 0.25) is 0 Å². The van der Waals surface area contributed by atoms with Crippen molar-refractivity contribution in [2.75, 3.05) is 13.1 Å². The maximum absolute atomic E-state index is 12.6. The average Bonchev–Trinajstić information content (AvgIpc) is 3.21. The van der Waals surface area contributed by atoms with Gasteiger partial charge in [-0.15, -0.1) is 0 Å². The van der Waals surface area contributed by atoms with E-state index in [1.807, 2.05) is 6.92 Å². The van der Waals surface area contributed by atoms with E-state index < -0.39 is 24.4 Å². The summed E-state index contributed by atoms with van der Waals surface area (Å²) < 4.78 is 5.12. The van der Waals surface area contributed by atoms with Gasteiger partial charge in [-0.25, -0.2) is 14.6 Å². The first-order chi connectivity index (χ1) is 12.0. The van der Waals surface area contributed by atoms with Crippen LogP contribution in [0.1, 0.15) is 38.4 Å². The van der Waals surface area contributed by atoms with E-state index in [4.69, 9.17) is 4.42 Å². The lowest BCUT2D eigenvalue weighted by molar-refractivity contribution is -0.145. The molecule has 0 radical (unpaired) electrons. The molecule has 2 saturated heterocycles. The minimum Gasteiger partial charge on any atom is -0.467 e. The monoisotopic (exact) mass is 347 g/mol. The number of furan rings is 1. The van der Waals surface area contributed by atoms with E-state index in [9.17, 15) is 19.2 Å². The number of amides is 5. The van der Waals surface area contributed by atoms with Crippen LogP contribution in [-0.2, 0) is 20.9 Å². The van der Waals surface area contributed by atoms with Crippen molar-refractivity contribution in [2.24, 2.45) is 0 Å². The van der Waals surface area contributed by atoms with Crippen molar-refractivity contribution in [3.63, 3.8) is 0 Å². The molecule has 8 nitrogen and oxygen atoms in total. The molecule has 0 spiro atoms. The Morgan fingerprint density at radius 1 is 1.20 bits per heavy atom. The highest BCUT2D eigenvalue weighted by Gasteiger charge is 2.46. The quantitative estimate of drug-likeness (QED) is 0.592. The van der Waals surface area contributed by atoms with Crippen molar-refractivity contribution >= 4 is 23.8 Å². The summed E-state index contributed by atoms with van der Waals surface area (Å²) in [6.07, 6.45) is 5.16. The molecule has 0 unspecified atom stereocenters. The third-order valence-electron chi connectivity index (χ3n) is 4.74. The van der Waals surface area contributed by atoms with Crippen LogP contribution in [-0.4, -0.2) is 57.6 Å². The molecule has 3 heterocycles. The Kier molecular flexibility index (Phi) is 4.87. The molecule has 134 valence electrons. The number of hydrogen-bond donors (Lipinski definition) is 0. The van der Waals surface area contributed by atoms with Gasteiger partial charge in [-0.1, -0.05) is 6.92 Å². The van der Waals surface area contributed by atoms with Crippen LogP contribution in [0.25, 0.3) is 0 Å². The number of piperidine rings is 1. The van der Waals surface area contributed by atoms with E-state index in [0.717, 1.165) is 35.5 Å². The molecule has 1 aromatic heterocycles. The summed E-state index contributed by atoms with van der Waals surface area (Å²) in [6, 6.07) is 2.59. The number of carbonyl (C=O) groups is 4. The minimum absolute atomic E-state index is 0.123. The van der Waals surface area contributed by atoms with E-state index in [1.54, 1.807) is 17.0 Å². The van der Waals surface area contributed by atoms with Gasteiger partial charge in [0.05, 0.1) is 12.8 Å². The van der Waals surface area contributed by atoms with Crippen LogP contribution < -0.4 is 0 Å². The molecule has 1 aromatic rings. The second-order valence-corrected chi connectivity index (χ2v) is 6.29. The van der Waals surface area contributed by atoms with Gasteiger partial charge in [0.15, 0.2) is 0 Å². The molecular formula is C17H21N3O5. The lowest BCUT2D eigenvalue weighted by Gasteiger charge is -2.35. The normalized spacial score (nSPS) is 21.4. The molecule has 3 rings (SSSR count). The van der Waals surface area contributed by atoms with Crippen molar-refractivity contribution < 1.29 is 23.6 Å². The maximum Gasteiger partial charge on any atom is 0.335 e. The lowest BCUT2D eigenvalue weighted by Crippen LogP contribution is -2.49. The first kappa shape index (κ1) is 17.2. The summed E-state index contributed by atoms with van der Waals surface area (Å²) in [5, 5.41) is 0. The fourth-order valence-corrected chi connectivity index (χ4v) is 3.37. The summed E-state index contributed by atoms with van der Waals surface area (Å²) in [4.78, 5) is 52.5. The summed E-state index contributed by atoms with van der Waals surface area (Å²) >= 11 is 0. The number of urea groups is 1. The van der Waals surface area contributed by atoms with Crippen molar-refractivity contribution in [2.45, 2.75) is 45.2 Å². The minimum atomic E-state index is -0.963. The number of nitrogens with zero attached hydrogens (tertiary/aromatic N) is 3. The number of rotatable bonds is 5. The second kappa shape index (κ2) is 7.08. The molecule has 5 amide bonds. The zero-order valence-corrected chi connectivity index (χ0v) is 14.1. The van der Waals surface area contributed by atoms with Gasteiger partial charge in [0.2, 0.25) is 5.91 Å². The van der Waals surface area contributed by atoms with Crippen molar-refractivity contribution in [1.82, 2.24) is 14.7 Å². The van der Waals surface area contributed by atoms with E-state index in [2.05, 4.69) is 0 Å². The summed E-state index contributed by atoms with van der Waals surface area (Å²) in [6.45, 7) is 2.12. The van der Waals surface area contributed by atoms with Crippen LogP contribution in [0.3, 0.4) is 0 Å². The van der Waals surface area contributed by atoms with Gasteiger partial charge in [-0.2, -0.15) is 0 Å². The summed E-state index contributed by atoms with van der Waals surface area (Å²) in [7, 11) is 0. The Labute approximate surface area is 145 Å². The molecule has 0 aromatic carbocycles. The zero-order valence-electron chi connectivity index (χ0n) is 14.1. The molecule has 2 fully saturated rings. The smallest absolute Gasteiger partial charge is 0.335 e. The number of hydrogen-bond acceptors (Lipinski definition) is 5. The van der Waals surface area contributed by atoms with Crippen molar-refractivity contribution in [1.29, 1.82) is 0 Å². The van der Waals surface area contributed by atoms with Gasteiger partial charge in [-0.3, -0.25) is 14.4 Å². The van der Waals surface area contributed by atoms with Crippen molar-refractivity contribution in [3.8, 4) is 0 Å². The Morgan fingerprint density at radius 3 is 2.64 bits per heavy atom. The Bertz CT molecular complexity index is 684. The maximum atomic E-state index is 12.6. The molecule has 0 saturated carbocycles. The lowest BCUT2D eigenvalue weighted by atomic mass is 10.00. The van der Waals surface area contributed by atoms with Gasteiger partial charge in [0.25, 0.3) is 0 Å². The SMILES string of the molecule is CC[C@@H]1CCCCN1C(=O)CN1C(=O)C(=O)N(Cc2ccco2)C1=O. The molecule has 2 aliphatic rings. The van der Waals surface area contributed by atoms with Gasteiger partial charge >= 0.3 is 17.8 Å². The molecule has 1 atom stereocenters. The highest BCUT2D eigenvalue weighted by Crippen LogP contribution is 2.21. The van der Waals surface area contributed by atoms with Crippen LogP contribution in [0, 0.1) is 0 Å². The first-order valence-corrected chi connectivity index (χ1v) is 8.52. The van der Waals surface area contributed by atoms with Gasteiger partial charge in [0.1, 0.15) is 12.3 Å².